The third kappa shape index (κ3) is 3.45. The maximum atomic E-state index is 4.42. The van der Waals surface area contributed by atoms with Crippen LogP contribution in [0.15, 0.2) is 34.8 Å². The molecule has 1 N–H and O–H groups in total. The molecule has 0 radical (unpaired) electrons. The summed E-state index contributed by atoms with van der Waals surface area (Å²) in [6.07, 6.45) is 0.938. The van der Waals surface area contributed by atoms with Gasteiger partial charge in [0, 0.05) is 29.7 Å². The van der Waals surface area contributed by atoms with Crippen LogP contribution in [0.3, 0.4) is 0 Å². The minimum absolute atomic E-state index is 0.301. The molecule has 3 nitrogen and oxygen atoms in total. The molecule has 1 aromatic carbocycles. The van der Waals surface area contributed by atoms with Crippen molar-refractivity contribution in [1.82, 2.24) is 15.1 Å². The molecule has 0 spiro atoms. The fourth-order valence-corrected chi connectivity index (χ4v) is 2.92. The van der Waals surface area contributed by atoms with Crippen molar-refractivity contribution in [3.63, 3.8) is 0 Å². The Hall–Kier alpha value is -1.13. The minimum Gasteiger partial charge on any atom is -0.310 e. The van der Waals surface area contributed by atoms with Gasteiger partial charge in [0.05, 0.1) is 5.69 Å². The average molecular weight is 322 g/mol. The third-order valence-electron chi connectivity index (χ3n) is 3.24. The van der Waals surface area contributed by atoms with Crippen molar-refractivity contribution in [2.24, 2.45) is 7.05 Å². The second kappa shape index (κ2) is 6.35. The molecule has 2 aromatic rings. The van der Waals surface area contributed by atoms with Gasteiger partial charge in [0.25, 0.3) is 0 Å². The van der Waals surface area contributed by atoms with Gasteiger partial charge in [-0.15, -0.1) is 0 Å². The van der Waals surface area contributed by atoms with Gasteiger partial charge in [-0.3, -0.25) is 4.68 Å². The molecule has 2 rings (SSSR count). The summed E-state index contributed by atoms with van der Waals surface area (Å²) in [5, 5.41) is 7.97. The van der Waals surface area contributed by atoms with Crippen molar-refractivity contribution in [2.45, 2.75) is 26.3 Å². The highest BCUT2D eigenvalue weighted by Gasteiger charge is 2.16. The van der Waals surface area contributed by atoms with Crippen molar-refractivity contribution >= 4 is 15.9 Å². The van der Waals surface area contributed by atoms with Gasteiger partial charge in [0.1, 0.15) is 0 Å². The molecule has 0 aliphatic heterocycles. The van der Waals surface area contributed by atoms with Crippen molar-refractivity contribution < 1.29 is 0 Å². The molecule has 0 fully saturated rings. The summed E-state index contributed by atoms with van der Waals surface area (Å²) in [4.78, 5) is 0. The largest absolute Gasteiger partial charge is 0.310 e. The molecule has 4 heteroatoms. The van der Waals surface area contributed by atoms with Gasteiger partial charge in [-0.1, -0.05) is 41.1 Å². The lowest BCUT2D eigenvalue weighted by molar-refractivity contribution is 0.527. The van der Waals surface area contributed by atoms with E-state index in [9.17, 15) is 0 Å². The summed E-state index contributed by atoms with van der Waals surface area (Å²) in [6, 6.07) is 10.8. The van der Waals surface area contributed by atoms with E-state index < -0.39 is 0 Å². The van der Waals surface area contributed by atoms with Gasteiger partial charge >= 0.3 is 0 Å². The fourth-order valence-electron chi connectivity index (χ4n) is 2.36. The monoisotopic (exact) mass is 321 g/mol. The molecule has 0 saturated carbocycles. The first-order chi connectivity index (χ1) is 9.11. The Bertz CT molecular complexity index is 548. The normalized spacial score (nSPS) is 12.6. The van der Waals surface area contributed by atoms with E-state index in [0.717, 1.165) is 23.1 Å². The number of hydrogen-bond acceptors (Lipinski definition) is 2. The Morgan fingerprint density at radius 3 is 2.68 bits per heavy atom. The first-order valence-electron chi connectivity index (χ1n) is 6.59. The van der Waals surface area contributed by atoms with E-state index in [1.165, 1.54) is 11.3 Å². The molecule has 1 atom stereocenters. The van der Waals surface area contributed by atoms with Crippen LogP contribution < -0.4 is 5.32 Å². The lowest BCUT2D eigenvalue weighted by Crippen LogP contribution is -2.24. The van der Waals surface area contributed by atoms with Crippen LogP contribution in [0.2, 0.25) is 0 Å². The van der Waals surface area contributed by atoms with Crippen LogP contribution in [0.5, 0.6) is 0 Å². The summed E-state index contributed by atoms with van der Waals surface area (Å²) >= 11 is 3.64. The first kappa shape index (κ1) is 14.3. The zero-order valence-electron chi connectivity index (χ0n) is 11.7. The molecule has 19 heavy (non-hydrogen) atoms. The number of nitrogens with zero attached hydrogens (tertiary/aromatic N) is 2. The molecule has 0 amide bonds. The number of likely N-dealkylation sites (N-methyl/N-ethyl adjacent to an activating group) is 1. The van der Waals surface area contributed by atoms with Crippen LogP contribution in [0.25, 0.3) is 0 Å². The number of halogens is 1. The van der Waals surface area contributed by atoms with Crippen molar-refractivity contribution in [2.75, 3.05) is 6.54 Å². The molecule has 0 aliphatic carbocycles. The zero-order chi connectivity index (χ0) is 13.8. The van der Waals surface area contributed by atoms with Gasteiger partial charge in [-0.25, -0.2) is 0 Å². The Morgan fingerprint density at radius 1 is 1.37 bits per heavy atom. The topological polar surface area (TPSA) is 29.9 Å². The summed E-state index contributed by atoms with van der Waals surface area (Å²) in [6.45, 7) is 5.12. The Labute approximate surface area is 123 Å². The van der Waals surface area contributed by atoms with Crippen molar-refractivity contribution in [3.8, 4) is 0 Å². The summed E-state index contributed by atoms with van der Waals surface area (Å²) in [5.74, 6) is 0. The highest BCUT2D eigenvalue weighted by Crippen LogP contribution is 2.26. The summed E-state index contributed by atoms with van der Waals surface area (Å²) in [7, 11) is 2.01. The molecule has 0 aliphatic rings. The first-order valence-corrected chi connectivity index (χ1v) is 7.38. The minimum atomic E-state index is 0.301. The molecule has 1 aromatic heterocycles. The van der Waals surface area contributed by atoms with Crippen LogP contribution in [0.1, 0.15) is 29.9 Å². The van der Waals surface area contributed by atoms with Crippen LogP contribution in [-0.2, 0) is 13.5 Å². The van der Waals surface area contributed by atoms with E-state index in [1.807, 2.05) is 24.7 Å². The average Bonchev–Trinajstić information content (AvgIpc) is 2.68. The molecule has 0 bridgehead atoms. The highest BCUT2D eigenvalue weighted by molar-refractivity contribution is 9.10. The maximum absolute atomic E-state index is 4.42. The van der Waals surface area contributed by atoms with E-state index >= 15 is 0 Å². The van der Waals surface area contributed by atoms with Gasteiger partial charge < -0.3 is 5.32 Å². The second-order valence-electron chi connectivity index (χ2n) is 4.74. The molecule has 1 unspecified atom stereocenters. The number of hydrogen-bond donors (Lipinski definition) is 1. The van der Waals surface area contributed by atoms with Crippen molar-refractivity contribution in [1.29, 1.82) is 0 Å². The van der Waals surface area contributed by atoms with Gasteiger partial charge in [0.2, 0.25) is 0 Å². The van der Waals surface area contributed by atoms with E-state index in [1.54, 1.807) is 0 Å². The van der Waals surface area contributed by atoms with Gasteiger partial charge in [-0.2, -0.15) is 5.10 Å². The number of nitrogens with one attached hydrogen (secondary N) is 1. The fraction of sp³-hybridized carbons (Fsp3) is 0.400. The Balaban J connectivity index is 2.26. The number of benzene rings is 1. The van der Waals surface area contributed by atoms with Gasteiger partial charge in [0.15, 0.2) is 0 Å². The summed E-state index contributed by atoms with van der Waals surface area (Å²) in [5.41, 5.74) is 3.61. The third-order valence-corrected chi connectivity index (χ3v) is 3.97. The standard InChI is InChI=1S/C15H20BrN3/c1-4-17-15(13-7-5-6-8-14(13)16)10-12-9-11(2)18-19(12)3/h5-9,15,17H,4,10H2,1-3H3. The lowest BCUT2D eigenvalue weighted by atomic mass is 10.0. The summed E-state index contributed by atoms with van der Waals surface area (Å²) < 4.78 is 3.12. The molecule has 0 saturated heterocycles. The molecule has 102 valence electrons. The number of aryl methyl sites for hydroxylation is 2. The smallest absolute Gasteiger partial charge is 0.0596 e. The van der Waals surface area contributed by atoms with Crippen LogP contribution in [0.4, 0.5) is 0 Å². The van der Waals surface area contributed by atoms with E-state index in [4.69, 9.17) is 0 Å². The molecule has 1 heterocycles. The van der Waals surface area contributed by atoms with Crippen LogP contribution >= 0.6 is 15.9 Å². The number of rotatable bonds is 5. The predicted octanol–water partition coefficient (Wildman–Crippen LogP) is 3.38. The highest BCUT2D eigenvalue weighted by atomic mass is 79.9. The zero-order valence-corrected chi connectivity index (χ0v) is 13.2. The second-order valence-corrected chi connectivity index (χ2v) is 5.59. The SMILES string of the molecule is CCNC(Cc1cc(C)nn1C)c1ccccc1Br. The quantitative estimate of drug-likeness (QED) is 0.914. The molecular weight excluding hydrogens is 302 g/mol. The van der Waals surface area contributed by atoms with Crippen LogP contribution in [0, 0.1) is 6.92 Å². The van der Waals surface area contributed by atoms with Crippen LogP contribution in [-0.4, -0.2) is 16.3 Å². The van der Waals surface area contributed by atoms with Gasteiger partial charge in [-0.05, 0) is 31.2 Å². The Morgan fingerprint density at radius 2 is 2.11 bits per heavy atom. The maximum Gasteiger partial charge on any atom is 0.0596 e. The predicted molar refractivity (Wildman–Crippen MR) is 82.2 cm³/mol. The Kier molecular flexibility index (Phi) is 4.77. The van der Waals surface area contributed by atoms with Crippen molar-refractivity contribution in [3.05, 3.63) is 51.8 Å². The van der Waals surface area contributed by atoms with E-state index in [-0.39, 0.29) is 0 Å². The lowest BCUT2D eigenvalue weighted by Gasteiger charge is -2.19. The molecular formula is C15H20BrN3. The number of aromatic nitrogens is 2. The van der Waals surface area contributed by atoms with E-state index in [0.29, 0.717) is 6.04 Å². The van der Waals surface area contributed by atoms with E-state index in [2.05, 4.69) is 57.5 Å².